The summed E-state index contributed by atoms with van der Waals surface area (Å²) in [5.41, 5.74) is 0.917. The first-order valence-electron chi connectivity index (χ1n) is 9.54. The van der Waals surface area contributed by atoms with E-state index in [1.54, 1.807) is 24.3 Å². The number of nitrogens with zero attached hydrogens (tertiary/aromatic N) is 1. The number of benzene rings is 2. The monoisotopic (exact) mass is 418 g/mol. The van der Waals surface area contributed by atoms with Gasteiger partial charge in [0.05, 0.1) is 23.2 Å². The molecule has 0 aromatic heterocycles. The standard InChI is InChI=1S/C21H26N2O5S/c1-15-13-23(14-16(2)28-15)29(26,27)19-10-6-9-18(11-19)21(25)22-12-20(24)17-7-4-3-5-8-17/h3-11,15-16,20,24H,12-14H2,1-2H3,(H,22,25). The van der Waals surface area contributed by atoms with Crippen molar-refractivity contribution < 1.29 is 23.1 Å². The number of carbonyl (C=O) groups excluding carboxylic acids is 1. The smallest absolute Gasteiger partial charge is 0.251 e. The van der Waals surface area contributed by atoms with Crippen molar-refractivity contribution in [2.24, 2.45) is 0 Å². The Morgan fingerprint density at radius 1 is 1.14 bits per heavy atom. The molecule has 0 bridgehead atoms. The number of nitrogens with one attached hydrogen (secondary N) is 1. The second-order valence-corrected chi connectivity index (χ2v) is 9.18. The molecule has 1 heterocycles. The average Bonchev–Trinajstić information content (AvgIpc) is 2.71. The van der Waals surface area contributed by atoms with Gasteiger partial charge in [-0.25, -0.2) is 8.42 Å². The minimum absolute atomic E-state index is 0.0261. The zero-order valence-corrected chi connectivity index (χ0v) is 17.3. The number of ether oxygens (including phenoxy) is 1. The topological polar surface area (TPSA) is 95.9 Å². The van der Waals surface area contributed by atoms with Crippen molar-refractivity contribution in [2.75, 3.05) is 19.6 Å². The van der Waals surface area contributed by atoms with E-state index in [2.05, 4.69) is 5.32 Å². The molecule has 8 heteroatoms. The number of aliphatic hydroxyl groups is 1. The van der Waals surface area contributed by atoms with Crippen molar-refractivity contribution in [3.05, 3.63) is 65.7 Å². The van der Waals surface area contributed by atoms with Crippen LogP contribution >= 0.6 is 0 Å². The molecule has 1 fully saturated rings. The number of carbonyl (C=O) groups is 1. The molecule has 0 radical (unpaired) electrons. The highest BCUT2D eigenvalue weighted by atomic mass is 32.2. The molecular weight excluding hydrogens is 392 g/mol. The van der Waals surface area contributed by atoms with Crippen LogP contribution in [0.1, 0.15) is 35.9 Å². The Labute approximate surface area is 171 Å². The van der Waals surface area contributed by atoms with Crippen molar-refractivity contribution in [2.45, 2.75) is 37.1 Å². The number of rotatable bonds is 6. The van der Waals surface area contributed by atoms with E-state index in [4.69, 9.17) is 4.74 Å². The normalized spacial score (nSPS) is 21.5. The predicted molar refractivity (Wildman–Crippen MR) is 109 cm³/mol. The third-order valence-electron chi connectivity index (χ3n) is 4.76. The first kappa shape index (κ1) is 21.4. The van der Waals surface area contributed by atoms with Gasteiger partial charge < -0.3 is 15.2 Å². The Bertz CT molecular complexity index is 939. The lowest BCUT2D eigenvalue weighted by molar-refractivity contribution is -0.0440. The lowest BCUT2D eigenvalue weighted by atomic mass is 10.1. The van der Waals surface area contributed by atoms with Crippen LogP contribution < -0.4 is 5.32 Å². The SMILES string of the molecule is CC1CN(S(=O)(=O)c2cccc(C(=O)NCC(O)c3ccccc3)c2)CC(C)O1. The highest BCUT2D eigenvalue weighted by Crippen LogP contribution is 2.22. The second kappa shape index (κ2) is 9.04. The van der Waals surface area contributed by atoms with Gasteiger partial charge in [0, 0.05) is 25.2 Å². The maximum Gasteiger partial charge on any atom is 0.251 e. The lowest BCUT2D eigenvalue weighted by Gasteiger charge is -2.34. The van der Waals surface area contributed by atoms with Crippen LogP contribution in [0.15, 0.2) is 59.5 Å². The molecule has 0 spiro atoms. The summed E-state index contributed by atoms with van der Waals surface area (Å²) in [7, 11) is -3.73. The number of morpholine rings is 1. The minimum Gasteiger partial charge on any atom is -0.387 e. The van der Waals surface area contributed by atoms with Crippen molar-refractivity contribution in [1.82, 2.24) is 9.62 Å². The molecule has 3 rings (SSSR count). The van der Waals surface area contributed by atoms with Crippen molar-refractivity contribution in [1.29, 1.82) is 0 Å². The summed E-state index contributed by atoms with van der Waals surface area (Å²) in [4.78, 5) is 12.6. The Morgan fingerprint density at radius 2 is 1.79 bits per heavy atom. The fourth-order valence-corrected chi connectivity index (χ4v) is 5.00. The molecule has 2 aromatic rings. The molecule has 0 aliphatic carbocycles. The average molecular weight is 419 g/mol. The van der Waals surface area contributed by atoms with E-state index >= 15 is 0 Å². The van der Waals surface area contributed by atoms with Crippen LogP contribution in [-0.4, -0.2) is 55.6 Å². The van der Waals surface area contributed by atoms with E-state index in [9.17, 15) is 18.3 Å². The van der Waals surface area contributed by atoms with E-state index in [-0.39, 0.29) is 42.3 Å². The quantitative estimate of drug-likeness (QED) is 0.748. The van der Waals surface area contributed by atoms with Crippen LogP contribution in [0, 0.1) is 0 Å². The highest BCUT2D eigenvalue weighted by Gasteiger charge is 2.32. The molecule has 29 heavy (non-hydrogen) atoms. The number of aliphatic hydroxyl groups excluding tert-OH is 1. The van der Waals surface area contributed by atoms with Crippen LogP contribution in [0.2, 0.25) is 0 Å². The zero-order valence-electron chi connectivity index (χ0n) is 16.5. The fourth-order valence-electron chi connectivity index (χ4n) is 3.36. The van der Waals surface area contributed by atoms with E-state index in [1.807, 2.05) is 32.0 Å². The number of sulfonamides is 1. The number of hydrogen-bond acceptors (Lipinski definition) is 5. The first-order valence-corrected chi connectivity index (χ1v) is 11.0. The van der Waals surface area contributed by atoms with Gasteiger partial charge in [-0.05, 0) is 37.6 Å². The van der Waals surface area contributed by atoms with E-state index in [1.165, 1.54) is 16.4 Å². The fraction of sp³-hybridized carbons (Fsp3) is 0.381. The summed E-state index contributed by atoms with van der Waals surface area (Å²) in [5.74, 6) is -0.444. The van der Waals surface area contributed by atoms with Gasteiger partial charge >= 0.3 is 0 Å². The molecular formula is C21H26N2O5S. The molecule has 1 saturated heterocycles. The summed E-state index contributed by atoms with van der Waals surface area (Å²) in [6, 6.07) is 14.9. The van der Waals surface area contributed by atoms with Crippen LogP contribution in [0.4, 0.5) is 0 Å². The van der Waals surface area contributed by atoms with Gasteiger partial charge in [-0.3, -0.25) is 4.79 Å². The molecule has 0 saturated carbocycles. The van der Waals surface area contributed by atoms with E-state index in [0.717, 1.165) is 0 Å². The summed E-state index contributed by atoms with van der Waals surface area (Å²) < 4.78 is 33.0. The zero-order chi connectivity index (χ0) is 21.0. The summed E-state index contributed by atoms with van der Waals surface area (Å²) in [6.45, 7) is 4.23. The van der Waals surface area contributed by atoms with Crippen LogP contribution in [0.25, 0.3) is 0 Å². The van der Waals surface area contributed by atoms with Gasteiger partial charge in [-0.2, -0.15) is 4.31 Å². The van der Waals surface area contributed by atoms with E-state index < -0.39 is 22.0 Å². The lowest BCUT2D eigenvalue weighted by Crippen LogP contribution is -2.48. The second-order valence-electron chi connectivity index (χ2n) is 7.24. The summed E-state index contributed by atoms with van der Waals surface area (Å²) in [5, 5.41) is 12.8. The van der Waals surface area contributed by atoms with Crippen LogP contribution in [0.5, 0.6) is 0 Å². The molecule has 1 amide bonds. The molecule has 2 aromatic carbocycles. The third-order valence-corrected chi connectivity index (χ3v) is 6.59. The van der Waals surface area contributed by atoms with Crippen LogP contribution in [0.3, 0.4) is 0 Å². The Balaban J connectivity index is 1.70. The molecule has 2 N–H and O–H groups in total. The van der Waals surface area contributed by atoms with Crippen molar-refractivity contribution in [3.63, 3.8) is 0 Å². The molecule has 1 aliphatic heterocycles. The molecule has 7 nitrogen and oxygen atoms in total. The Morgan fingerprint density at radius 3 is 2.45 bits per heavy atom. The Kier molecular flexibility index (Phi) is 6.69. The molecule has 1 aliphatic rings. The van der Waals surface area contributed by atoms with Crippen LogP contribution in [-0.2, 0) is 14.8 Å². The Hall–Kier alpha value is -2.26. The van der Waals surface area contributed by atoms with Gasteiger partial charge in [0.2, 0.25) is 10.0 Å². The van der Waals surface area contributed by atoms with Gasteiger partial charge in [-0.15, -0.1) is 0 Å². The summed E-state index contributed by atoms with van der Waals surface area (Å²) >= 11 is 0. The highest BCUT2D eigenvalue weighted by molar-refractivity contribution is 7.89. The first-order chi connectivity index (χ1) is 13.8. The van der Waals surface area contributed by atoms with Gasteiger partial charge in [-0.1, -0.05) is 36.4 Å². The molecule has 3 atom stereocenters. The number of amides is 1. The molecule has 3 unspecified atom stereocenters. The molecule has 156 valence electrons. The largest absolute Gasteiger partial charge is 0.387 e. The third kappa shape index (κ3) is 5.22. The summed E-state index contributed by atoms with van der Waals surface area (Å²) in [6.07, 6.45) is -1.23. The van der Waals surface area contributed by atoms with E-state index in [0.29, 0.717) is 5.56 Å². The maximum absolute atomic E-state index is 13.0. The van der Waals surface area contributed by atoms with Crippen molar-refractivity contribution in [3.8, 4) is 0 Å². The minimum atomic E-state index is -3.73. The van der Waals surface area contributed by atoms with Crippen molar-refractivity contribution >= 4 is 15.9 Å². The number of hydrogen-bond donors (Lipinski definition) is 2. The van der Waals surface area contributed by atoms with Gasteiger partial charge in [0.15, 0.2) is 0 Å². The van der Waals surface area contributed by atoms with Gasteiger partial charge in [0.25, 0.3) is 5.91 Å². The maximum atomic E-state index is 13.0. The predicted octanol–water partition coefficient (Wildman–Crippen LogP) is 1.95. The van der Waals surface area contributed by atoms with Gasteiger partial charge in [0.1, 0.15) is 0 Å².